The molecule has 0 heterocycles. The van der Waals surface area contributed by atoms with Gasteiger partial charge in [-0.05, 0) is 37.9 Å². The van der Waals surface area contributed by atoms with E-state index in [1.165, 1.54) is 11.1 Å². The van der Waals surface area contributed by atoms with E-state index in [1.54, 1.807) is 14.2 Å². The van der Waals surface area contributed by atoms with Gasteiger partial charge < -0.3 is 14.8 Å². The molecule has 0 spiro atoms. The molecule has 0 saturated carbocycles. The molecule has 1 N–H and O–H groups in total. The minimum absolute atomic E-state index is 0.768. The number of hydrogen-bond acceptors (Lipinski definition) is 3. The third-order valence-corrected chi connectivity index (χ3v) is 2.96. The number of allylic oxidation sites excluding steroid dienone is 1. The lowest BCUT2D eigenvalue weighted by Gasteiger charge is -2.08. The summed E-state index contributed by atoms with van der Waals surface area (Å²) in [4.78, 5) is 0. The van der Waals surface area contributed by atoms with Gasteiger partial charge in [0.2, 0.25) is 0 Å². The molecule has 1 rings (SSSR count). The summed E-state index contributed by atoms with van der Waals surface area (Å²) in [6, 6.07) is 8.18. The molecular formula is C16H25NO2. The maximum absolute atomic E-state index is 5.36. The van der Waals surface area contributed by atoms with Gasteiger partial charge in [-0.25, -0.2) is 0 Å². The molecule has 0 radical (unpaired) electrons. The van der Waals surface area contributed by atoms with Crippen molar-refractivity contribution in [2.24, 2.45) is 0 Å². The number of benzene rings is 1. The first kappa shape index (κ1) is 15.7. The highest BCUT2D eigenvalue weighted by molar-refractivity contribution is 5.35. The van der Waals surface area contributed by atoms with E-state index in [4.69, 9.17) is 9.47 Å². The standard InChI is InChI=1S/C16H25NO2/c1-14(7-6-10-17-11-12-18-2)13-15-8-4-5-9-16(15)19-3/h4-5,7-9,17H,6,10-13H2,1-3H3. The third-order valence-electron chi connectivity index (χ3n) is 2.96. The highest BCUT2D eigenvalue weighted by Crippen LogP contribution is 2.20. The van der Waals surface area contributed by atoms with Crippen molar-refractivity contribution in [3.8, 4) is 5.75 Å². The van der Waals surface area contributed by atoms with Gasteiger partial charge in [-0.2, -0.15) is 0 Å². The molecule has 1 aromatic rings. The molecule has 106 valence electrons. The highest BCUT2D eigenvalue weighted by Gasteiger charge is 2.01. The Morgan fingerprint density at radius 1 is 1.21 bits per heavy atom. The van der Waals surface area contributed by atoms with E-state index in [9.17, 15) is 0 Å². The van der Waals surface area contributed by atoms with Crippen molar-refractivity contribution in [3.63, 3.8) is 0 Å². The van der Waals surface area contributed by atoms with Gasteiger partial charge in [-0.3, -0.25) is 0 Å². The van der Waals surface area contributed by atoms with E-state index < -0.39 is 0 Å². The number of nitrogens with one attached hydrogen (secondary N) is 1. The molecule has 0 unspecified atom stereocenters. The molecule has 0 amide bonds. The Labute approximate surface area is 116 Å². The van der Waals surface area contributed by atoms with Gasteiger partial charge in [0.25, 0.3) is 0 Å². The lowest BCUT2D eigenvalue weighted by molar-refractivity contribution is 0.199. The van der Waals surface area contributed by atoms with Gasteiger partial charge in [-0.1, -0.05) is 29.8 Å². The summed E-state index contributed by atoms with van der Waals surface area (Å²) in [7, 11) is 3.44. The normalized spacial score (nSPS) is 11.6. The van der Waals surface area contributed by atoms with Crippen LogP contribution in [0.15, 0.2) is 35.9 Å². The Morgan fingerprint density at radius 2 is 2.00 bits per heavy atom. The Morgan fingerprint density at radius 3 is 2.74 bits per heavy atom. The smallest absolute Gasteiger partial charge is 0.122 e. The number of para-hydroxylation sites is 1. The fraction of sp³-hybridized carbons (Fsp3) is 0.500. The van der Waals surface area contributed by atoms with Gasteiger partial charge in [-0.15, -0.1) is 0 Å². The first-order chi connectivity index (χ1) is 9.27. The van der Waals surface area contributed by atoms with Crippen molar-refractivity contribution < 1.29 is 9.47 Å². The molecule has 0 saturated heterocycles. The lowest BCUT2D eigenvalue weighted by atomic mass is 10.0. The monoisotopic (exact) mass is 263 g/mol. The van der Waals surface area contributed by atoms with E-state index in [-0.39, 0.29) is 0 Å². The number of rotatable bonds is 9. The van der Waals surface area contributed by atoms with Crippen LogP contribution in [0.25, 0.3) is 0 Å². The third kappa shape index (κ3) is 6.41. The fourth-order valence-corrected chi connectivity index (χ4v) is 1.94. The molecule has 0 atom stereocenters. The van der Waals surface area contributed by atoms with E-state index in [1.807, 2.05) is 12.1 Å². The van der Waals surface area contributed by atoms with Gasteiger partial charge >= 0.3 is 0 Å². The van der Waals surface area contributed by atoms with Crippen LogP contribution in [0.5, 0.6) is 5.75 Å². The van der Waals surface area contributed by atoms with Gasteiger partial charge in [0.1, 0.15) is 5.75 Å². The van der Waals surface area contributed by atoms with Crippen LogP contribution in [0, 0.1) is 0 Å². The predicted octanol–water partition coefficient (Wildman–Crippen LogP) is 2.81. The van der Waals surface area contributed by atoms with Gasteiger partial charge in [0, 0.05) is 13.7 Å². The van der Waals surface area contributed by atoms with Crippen LogP contribution >= 0.6 is 0 Å². The van der Waals surface area contributed by atoms with Crippen molar-refractivity contribution in [1.82, 2.24) is 5.32 Å². The van der Waals surface area contributed by atoms with Crippen LogP contribution in [0.4, 0.5) is 0 Å². The second kappa shape index (κ2) is 9.59. The second-order valence-corrected chi connectivity index (χ2v) is 4.57. The summed E-state index contributed by atoms with van der Waals surface area (Å²) >= 11 is 0. The van der Waals surface area contributed by atoms with Gasteiger partial charge in [0.05, 0.1) is 13.7 Å². The van der Waals surface area contributed by atoms with Crippen LogP contribution in [0.3, 0.4) is 0 Å². The first-order valence-corrected chi connectivity index (χ1v) is 6.75. The topological polar surface area (TPSA) is 30.5 Å². The van der Waals surface area contributed by atoms with Crippen molar-refractivity contribution >= 4 is 0 Å². The van der Waals surface area contributed by atoms with E-state index in [0.29, 0.717) is 0 Å². The Hall–Kier alpha value is -1.32. The first-order valence-electron chi connectivity index (χ1n) is 6.75. The summed E-state index contributed by atoms with van der Waals surface area (Å²) < 4.78 is 10.3. The minimum atomic E-state index is 0.768. The number of ether oxygens (including phenoxy) is 2. The zero-order valence-electron chi connectivity index (χ0n) is 12.2. The zero-order valence-corrected chi connectivity index (χ0v) is 12.2. The molecule has 0 fully saturated rings. The lowest BCUT2D eigenvalue weighted by Crippen LogP contribution is -2.19. The summed E-state index contributed by atoms with van der Waals surface area (Å²) in [5.41, 5.74) is 2.61. The van der Waals surface area contributed by atoms with E-state index >= 15 is 0 Å². The number of hydrogen-bond donors (Lipinski definition) is 1. The van der Waals surface area contributed by atoms with Crippen molar-refractivity contribution in [2.75, 3.05) is 33.9 Å². The summed E-state index contributed by atoms with van der Waals surface area (Å²) in [5, 5.41) is 3.33. The maximum Gasteiger partial charge on any atom is 0.122 e. The molecule has 0 aromatic heterocycles. The molecular weight excluding hydrogens is 238 g/mol. The van der Waals surface area contributed by atoms with Crippen LogP contribution in [0.2, 0.25) is 0 Å². The fourth-order valence-electron chi connectivity index (χ4n) is 1.94. The largest absolute Gasteiger partial charge is 0.496 e. The Bertz CT molecular complexity index is 388. The highest BCUT2D eigenvalue weighted by atomic mass is 16.5. The Kier molecular flexibility index (Phi) is 7.94. The number of methoxy groups -OCH3 is 2. The molecule has 0 aliphatic rings. The maximum atomic E-state index is 5.36. The van der Waals surface area contributed by atoms with Crippen molar-refractivity contribution in [1.29, 1.82) is 0 Å². The molecule has 0 bridgehead atoms. The molecule has 3 nitrogen and oxygen atoms in total. The molecule has 0 aliphatic heterocycles. The quantitative estimate of drug-likeness (QED) is 0.549. The van der Waals surface area contributed by atoms with E-state index in [0.717, 1.165) is 38.3 Å². The average molecular weight is 263 g/mol. The summed E-state index contributed by atoms with van der Waals surface area (Å²) in [6.07, 6.45) is 4.28. The summed E-state index contributed by atoms with van der Waals surface area (Å²) in [6.45, 7) is 4.84. The van der Waals surface area contributed by atoms with Crippen LogP contribution in [-0.4, -0.2) is 33.9 Å². The Balaban J connectivity index is 2.35. The zero-order chi connectivity index (χ0) is 13.9. The minimum Gasteiger partial charge on any atom is -0.496 e. The van der Waals surface area contributed by atoms with Gasteiger partial charge in [0.15, 0.2) is 0 Å². The predicted molar refractivity (Wildman–Crippen MR) is 79.8 cm³/mol. The van der Waals surface area contributed by atoms with Crippen LogP contribution in [-0.2, 0) is 11.2 Å². The SMILES string of the molecule is COCCNCCC=C(C)Cc1ccccc1OC. The summed E-state index contributed by atoms with van der Waals surface area (Å²) in [5.74, 6) is 0.966. The van der Waals surface area contributed by atoms with Crippen molar-refractivity contribution in [3.05, 3.63) is 41.5 Å². The van der Waals surface area contributed by atoms with E-state index in [2.05, 4.69) is 30.4 Å². The second-order valence-electron chi connectivity index (χ2n) is 4.57. The van der Waals surface area contributed by atoms with Crippen molar-refractivity contribution in [2.45, 2.75) is 19.8 Å². The molecule has 19 heavy (non-hydrogen) atoms. The van der Waals surface area contributed by atoms with Crippen LogP contribution < -0.4 is 10.1 Å². The van der Waals surface area contributed by atoms with Crippen LogP contribution in [0.1, 0.15) is 18.9 Å². The molecule has 0 aliphatic carbocycles. The molecule has 1 aromatic carbocycles. The average Bonchev–Trinajstić information content (AvgIpc) is 2.43. The molecule has 3 heteroatoms.